The fourth-order valence-corrected chi connectivity index (χ4v) is 2.88. The third-order valence-electron chi connectivity index (χ3n) is 2.49. The molecule has 20 heavy (non-hydrogen) atoms. The summed E-state index contributed by atoms with van der Waals surface area (Å²) in [5, 5.41) is 2.55. The molecule has 0 heterocycles. The molecule has 1 rings (SSSR count). The molecule has 0 radical (unpaired) electrons. The van der Waals surface area contributed by atoms with E-state index in [0.29, 0.717) is 5.69 Å². The third kappa shape index (κ3) is 4.26. The largest absolute Gasteiger partial charge is 0.392 e. The molecule has 1 aromatic carbocycles. The van der Waals surface area contributed by atoms with Gasteiger partial charge in [0.2, 0.25) is 15.9 Å². The molecule has 0 atom stereocenters. The molecule has 1 aromatic rings. The van der Waals surface area contributed by atoms with E-state index in [9.17, 15) is 13.2 Å². The van der Waals surface area contributed by atoms with Gasteiger partial charge in [-0.3, -0.25) is 4.79 Å². The maximum Gasteiger partial charge on any atom is 0.241 e. The highest BCUT2D eigenvalue weighted by atomic mass is 32.2. The summed E-state index contributed by atoms with van der Waals surface area (Å²) in [7, 11) is -3.74. The monoisotopic (exact) mass is 315 g/mol. The van der Waals surface area contributed by atoms with Crippen LogP contribution in [0.15, 0.2) is 29.2 Å². The number of thiocarbonyl (C=S) groups is 1. The molecule has 0 unspecified atom stereocenters. The van der Waals surface area contributed by atoms with Gasteiger partial charge in [0.05, 0.1) is 15.4 Å². The minimum Gasteiger partial charge on any atom is -0.392 e. The van der Waals surface area contributed by atoms with Crippen molar-refractivity contribution in [3.8, 4) is 0 Å². The predicted molar refractivity (Wildman–Crippen MR) is 81.9 cm³/mol. The number of benzene rings is 1. The third-order valence-corrected chi connectivity index (χ3v) is 4.67. The van der Waals surface area contributed by atoms with E-state index in [4.69, 9.17) is 18.0 Å². The van der Waals surface area contributed by atoms with Crippen molar-refractivity contribution in [2.75, 3.05) is 5.32 Å². The van der Waals surface area contributed by atoms with Crippen LogP contribution in [0.2, 0.25) is 0 Å². The van der Waals surface area contributed by atoms with Crippen LogP contribution in [0.4, 0.5) is 5.69 Å². The molecular formula is C12H17N3O3S2. The Hall–Kier alpha value is -1.51. The normalized spacial score (nSPS) is 11.9. The van der Waals surface area contributed by atoms with Gasteiger partial charge in [-0.2, -0.15) is 4.72 Å². The zero-order chi connectivity index (χ0) is 15.6. The molecule has 0 bridgehead atoms. The summed E-state index contributed by atoms with van der Waals surface area (Å²) < 4.78 is 26.8. The first-order valence-electron chi connectivity index (χ1n) is 5.76. The van der Waals surface area contributed by atoms with E-state index in [2.05, 4.69) is 10.0 Å². The Bertz CT molecular complexity index is 622. The van der Waals surface area contributed by atoms with Gasteiger partial charge >= 0.3 is 0 Å². The Balaban J connectivity index is 2.99. The first kappa shape index (κ1) is 16.5. The first-order chi connectivity index (χ1) is 9.04. The van der Waals surface area contributed by atoms with Crippen molar-refractivity contribution in [2.45, 2.75) is 31.2 Å². The molecule has 0 fully saturated rings. The summed E-state index contributed by atoms with van der Waals surface area (Å²) in [6.07, 6.45) is 0. The van der Waals surface area contributed by atoms with Gasteiger partial charge in [-0.1, -0.05) is 12.2 Å². The van der Waals surface area contributed by atoms with Crippen LogP contribution >= 0.6 is 12.2 Å². The Labute approximate surface area is 123 Å². The summed E-state index contributed by atoms with van der Waals surface area (Å²) in [5.74, 6) is -0.228. The Morgan fingerprint density at radius 1 is 1.25 bits per heavy atom. The van der Waals surface area contributed by atoms with Crippen LogP contribution in [-0.2, 0) is 14.8 Å². The Morgan fingerprint density at radius 3 is 2.15 bits per heavy atom. The number of hydrogen-bond acceptors (Lipinski definition) is 4. The van der Waals surface area contributed by atoms with Gasteiger partial charge in [0.1, 0.15) is 0 Å². The number of sulfonamides is 1. The van der Waals surface area contributed by atoms with Crippen LogP contribution in [0.3, 0.4) is 0 Å². The highest BCUT2D eigenvalue weighted by molar-refractivity contribution is 7.89. The molecule has 6 nitrogen and oxygen atoms in total. The Morgan fingerprint density at radius 2 is 1.75 bits per heavy atom. The van der Waals surface area contributed by atoms with E-state index in [1.165, 1.54) is 31.2 Å². The number of anilines is 1. The fraction of sp³-hybridized carbons (Fsp3) is 0.333. The van der Waals surface area contributed by atoms with E-state index < -0.39 is 15.6 Å². The van der Waals surface area contributed by atoms with Gasteiger partial charge in [0.15, 0.2) is 0 Å². The maximum absolute atomic E-state index is 12.2. The summed E-state index contributed by atoms with van der Waals surface area (Å²) >= 11 is 4.82. The lowest BCUT2D eigenvalue weighted by atomic mass is 10.1. The van der Waals surface area contributed by atoms with E-state index >= 15 is 0 Å². The van der Waals surface area contributed by atoms with Crippen LogP contribution in [-0.4, -0.2) is 24.9 Å². The zero-order valence-corrected chi connectivity index (χ0v) is 13.1. The van der Waals surface area contributed by atoms with E-state index in [0.717, 1.165) is 0 Å². The second kappa shape index (κ2) is 5.86. The smallest absolute Gasteiger partial charge is 0.241 e. The van der Waals surface area contributed by atoms with Crippen molar-refractivity contribution in [1.82, 2.24) is 4.72 Å². The molecule has 0 aliphatic carbocycles. The molecule has 1 amide bonds. The average molecular weight is 315 g/mol. The molecule has 0 aliphatic rings. The topological polar surface area (TPSA) is 101 Å². The van der Waals surface area contributed by atoms with Crippen LogP contribution in [0.25, 0.3) is 0 Å². The highest BCUT2D eigenvalue weighted by Gasteiger charge is 2.28. The van der Waals surface area contributed by atoms with Gasteiger partial charge in [-0.25, -0.2) is 8.42 Å². The van der Waals surface area contributed by atoms with Crippen molar-refractivity contribution >= 4 is 38.8 Å². The number of nitrogens with two attached hydrogens (primary N) is 1. The highest BCUT2D eigenvalue weighted by Crippen LogP contribution is 2.16. The van der Waals surface area contributed by atoms with E-state index in [1.807, 2.05) is 0 Å². The maximum atomic E-state index is 12.2. The number of amides is 1. The van der Waals surface area contributed by atoms with Crippen molar-refractivity contribution in [3.05, 3.63) is 24.3 Å². The van der Waals surface area contributed by atoms with Crippen molar-refractivity contribution in [1.29, 1.82) is 0 Å². The molecule has 0 saturated carbocycles. The zero-order valence-electron chi connectivity index (χ0n) is 11.4. The summed E-state index contributed by atoms with van der Waals surface area (Å²) in [5.41, 5.74) is 4.99. The van der Waals surface area contributed by atoms with Crippen LogP contribution in [0, 0.1) is 0 Å². The van der Waals surface area contributed by atoms with Crippen molar-refractivity contribution in [2.24, 2.45) is 5.73 Å². The van der Waals surface area contributed by atoms with Gasteiger partial charge in [0.25, 0.3) is 0 Å². The minimum absolute atomic E-state index is 0.0518. The molecule has 0 saturated heterocycles. The molecule has 0 spiro atoms. The predicted octanol–water partition coefficient (Wildman–Crippen LogP) is 0.988. The second-order valence-corrected chi connectivity index (χ2v) is 6.92. The molecular weight excluding hydrogens is 298 g/mol. The number of hydrogen-bond donors (Lipinski definition) is 3. The summed E-state index contributed by atoms with van der Waals surface area (Å²) in [4.78, 5) is 11.0. The van der Waals surface area contributed by atoms with Gasteiger partial charge in [0, 0.05) is 12.6 Å². The number of carbonyl (C=O) groups excluding carboxylic acids is 1. The lowest BCUT2D eigenvalue weighted by Crippen LogP contribution is -2.51. The fourth-order valence-electron chi connectivity index (χ4n) is 1.37. The molecule has 4 N–H and O–H groups in total. The number of rotatable bonds is 5. The molecule has 8 heteroatoms. The average Bonchev–Trinajstić information content (AvgIpc) is 2.27. The molecule has 0 aromatic heterocycles. The molecule has 110 valence electrons. The summed E-state index contributed by atoms with van der Waals surface area (Å²) in [6.45, 7) is 4.54. The lowest BCUT2D eigenvalue weighted by molar-refractivity contribution is -0.114. The quantitative estimate of drug-likeness (QED) is 0.703. The second-order valence-electron chi connectivity index (χ2n) is 4.80. The lowest BCUT2D eigenvalue weighted by Gasteiger charge is -2.24. The van der Waals surface area contributed by atoms with Crippen molar-refractivity contribution < 1.29 is 13.2 Å². The SMILES string of the molecule is CC(=O)Nc1ccc(S(=O)(=O)NC(C)(C)C(N)=S)cc1. The number of nitrogens with one attached hydrogen (secondary N) is 2. The summed E-state index contributed by atoms with van der Waals surface area (Å²) in [6, 6.07) is 5.79. The van der Waals surface area contributed by atoms with E-state index in [-0.39, 0.29) is 15.8 Å². The van der Waals surface area contributed by atoms with Crippen LogP contribution in [0.1, 0.15) is 20.8 Å². The number of carbonyl (C=O) groups is 1. The van der Waals surface area contributed by atoms with Crippen LogP contribution < -0.4 is 15.8 Å². The van der Waals surface area contributed by atoms with E-state index in [1.54, 1.807) is 13.8 Å². The van der Waals surface area contributed by atoms with Crippen LogP contribution in [0.5, 0.6) is 0 Å². The Kier molecular flexibility index (Phi) is 4.85. The van der Waals surface area contributed by atoms with Gasteiger partial charge < -0.3 is 11.1 Å². The minimum atomic E-state index is -3.74. The molecule has 0 aliphatic heterocycles. The first-order valence-corrected chi connectivity index (χ1v) is 7.65. The van der Waals surface area contributed by atoms with Crippen molar-refractivity contribution in [3.63, 3.8) is 0 Å². The van der Waals surface area contributed by atoms with Gasteiger partial charge in [-0.15, -0.1) is 0 Å². The standard InChI is InChI=1S/C12H17N3O3S2/c1-8(16)14-9-4-6-10(7-5-9)20(17,18)15-12(2,3)11(13)19/h4-7,15H,1-3H3,(H2,13,19)(H,14,16). The van der Waals surface area contributed by atoms with Gasteiger partial charge in [-0.05, 0) is 38.1 Å².